The lowest BCUT2D eigenvalue weighted by atomic mass is 10.0. The molecule has 10 heteroatoms. The maximum absolute atomic E-state index is 13.2. The second kappa shape index (κ2) is 8.25. The van der Waals surface area contributed by atoms with Crippen LogP contribution in [0.4, 0.5) is 11.4 Å². The average molecular weight is 457 g/mol. The minimum Gasteiger partial charge on any atom is -0.359 e. The molecule has 0 bridgehead atoms. The van der Waals surface area contributed by atoms with Crippen molar-refractivity contribution in [2.45, 2.75) is 6.17 Å². The van der Waals surface area contributed by atoms with Gasteiger partial charge in [-0.2, -0.15) is 0 Å². The number of non-ortho nitro benzene ring substituents is 1. The van der Waals surface area contributed by atoms with Crippen LogP contribution in [0.1, 0.15) is 32.4 Å². The number of fused-ring (bicyclic) bond motifs is 1. The van der Waals surface area contributed by atoms with Crippen molar-refractivity contribution < 1.29 is 14.5 Å². The third-order valence-corrected chi connectivity index (χ3v) is 5.31. The Morgan fingerprint density at radius 1 is 1.06 bits per heavy atom. The lowest BCUT2D eigenvalue weighted by Gasteiger charge is -2.38. The molecule has 1 aliphatic heterocycles. The molecule has 0 unspecified atom stereocenters. The summed E-state index contributed by atoms with van der Waals surface area (Å²) in [6, 6.07) is 16.8. The number of nitrogens with zero attached hydrogens (tertiary/aromatic N) is 2. The van der Waals surface area contributed by atoms with Crippen LogP contribution < -0.4 is 10.7 Å². The molecule has 1 heterocycles. The number of nitro benzene ring substituents is 1. The van der Waals surface area contributed by atoms with Crippen LogP contribution in [0.15, 0.2) is 66.7 Å². The Morgan fingerprint density at radius 2 is 1.77 bits per heavy atom. The molecule has 156 valence electrons. The number of rotatable bonds is 4. The summed E-state index contributed by atoms with van der Waals surface area (Å²) in [6.45, 7) is 0. The molecule has 0 spiro atoms. The van der Waals surface area contributed by atoms with Gasteiger partial charge in [0, 0.05) is 39.0 Å². The van der Waals surface area contributed by atoms with Crippen LogP contribution in [0.3, 0.4) is 0 Å². The highest BCUT2D eigenvalue weighted by Crippen LogP contribution is 2.35. The van der Waals surface area contributed by atoms with Crippen molar-refractivity contribution >= 4 is 46.4 Å². The van der Waals surface area contributed by atoms with Gasteiger partial charge in [-0.05, 0) is 36.4 Å². The Balaban J connectivity index is 1.70. The van der Waals surface area contributed by atoms with E-state index in [0.717, 1.165) is 5.01 Å². The number of halogens is 2. The van der Waals surface area contributed by atoms with E-state index in [9.17, 15) is 19.7 Å². The maximum Gasteiger partial charge on any atom is 0.276 e. The van der Waals surface area contributed by atoms with Gasteiger partial charge in [-0.25, -0.2) is 5.01 Å². The third kappa shape index (κ3) is 4.03. The lowest BCUT2D eigenvalue weighted by Crippen LogP contribution is -2.52. The molecular formula is C21H14Cl2N4O4. The molecule has 0 saturated heterocycles. The molecule has 0 aliphatic carbocycles. The number of benzene rings is 3. The number of nitrogens with one attached hydrogen (secondary N) is 2. The van der Waals surface area contributed by atoms with Crippen molar-refractivity contribution in [3.05, 3.63) is 104 Å². The number of amides is 2. The van der Waals surface area contributed by atoms with Crippen molar-refractivity contribution in [3.8, 4) is 0 Å². The van der Waals surface area contributed by atoms with E-state index < -0.39 is 22.9 Å². The van der Waals surface area contributed by atoms with Gasteiger partial charge in [0.25, 0.3) is 17.5 Å². The van der Waals surface area contributed by atoms with E-state index in [4.69, 9.17) is 23.2 Å². The van der Waals surface area contributed by atoms with Gasteiger partial charge in [0.15, 0.2) is 0 Å². The van der Waals surface area contributed by atoms with Gasteiger partial charge >= 0.3 is 0 Å². The molecule has 1 atom stereocenters. The molecule has 3 aromatic rings. The topological polar surface area (TPSA) is 105 Å². The normalized spacial score (nSPS) is 15.1. The molecule has 2 N–H and O–H groups in total. The molecule has 0 saturated carbocycles. The van der Waals surface area contributed by atoms with Gasteiger partial charge in [-0.3, -0.25) is 25.1 Å². The summed E-state index contributed by atoms with van der Waals surface area (Å²) in [5.74, 6) is -1.06. The zero-order valence-electron chi connectivity index (χ0n) is 15.7. The Labute approximate surface area is 186 Å². The number of nitro groups is 1. The smallest absolute Gasteiger partial charge is 0.276 e. The number of carbonyl (C=O) groups is 2. The second-order valence-electron chi connectivity index (χ2n) is 6.68. The summed E-state index contributed by atoms with van der Waals surface area (Å²) >= 11 is 12.4. The first-order valence-electron chi connectivity index (χ1n) is 9.04. The van der Waals surface area contributed by atoms with Crippen LogP contribution in [-0.4, -0.2) is 21.7 Å². The highest BCUT2D eigenvalue weighted by Gasteiger charge is 2.35. The Hall–Kier alpha value is -3.62. The van der Waals surface area contributed by atoms with Gasteiger partial charge < -0.3 is 5.32 Å². The second-order valence-corrected chi connectivity index (χ2v) is 7.52. The van der Waals surface area contributed by atoms with Crippen molar-refractivity contribution in [2.75, 3.05) is 5.32 Å². The van der Waals surface area contributed by atoms with Crippen LogP contribution in [0, 0.1) is 10.1 Å². The minimum atomic E-state index is -0.811. The van der Waals surface area contributed by atoms with Crippen LogP contribution in [0.2, 0.25) is 10.0 Å². The number of para-hydroxylation sites is 1. The maximum atomic E-state index is 13.2. The first kappa shape index (κ1) is 20.6. The summed E-state index contributed by atoms with van der Waals surface area (Å²) in [5.41, 5.74) is 4.07. The fourth-order valence-corrected chi connectivity index (χ4v) is 3.73. The van der Waals surface area contributed by atoms with Gasteiger partial charge in [0.05, 0.1) is 10.5 Å². The van der Waals surface area contributed by atoms with Crippen LogP contribution in [-0.2, 0) is 0 Å². The van der Waals surface area contributed by atoms with Gasteiger partial charge in [0.2, 0.25) is 0 Å². The van der Waals surface area contributed by atoms with E-state index in [0.29, 0.717) is 26.9 Å². The van der Waals surface area contributed by atoms with E-state index in [-0.39, 0.29) is 11.3 Å². The molecule has 8 nitrogen and oxygen atoms in total. The standard InChI is InChI=1S/C21H14Cl2N4O4/c22-13-7-10-15(17(23)11-13)19-24-18-4-2-1-3-16(18)21(29)26(19)25-20(28)12-5-8-14(9-6-12)27(30)31/h1-11,19,24H,(H,25,28)/t19-/m1/s1. The Bertz CT molecular complexity index is 1200. The van der Waals surface area contributed by atoms with Crippen LogP contribution in [0.25, 0.3) is 0 Å². The molecular weight excluding hydrogens is 443 g/mol. The number of hydrazine groups is 1. The Morgan fingerprint density at radius 3 is 2.45 bits per heavy atom. The number of hydrogen-bond acceptors (Lipinski definition) is 5. The van der Waals surface area contributed by atoms with E-state index in [2.05, 4.69) is 10.7 Å². The summed E-state index contributed by atoms with van der Waals surface area (Å²) in [4.78, 5) is 36.3. The third-order valence-electron chi connectivity index (χ3n) is 4.75. The first-order chi connectivity index (χ1) is 14.8. The van der Waals surface area contributed by atoms with E-state index in [1.807, 2.05) is 0 Å². The van der Waals surface area contributed by atoms with Gasteiger partial charge in [0.1, 0.15) is 6.17 Å². The zero-order valence-corrected chi connectivity index (χ0v) is 17.2. The fourth-order valence-electron chi connectivity index (χ4n) is 3.22. The number of anilines is 1. The summed E-state index contributed by atoms with van der Waals surface area (Å²) in [5, 5.41) is 15.9. The number of carbonyl (C=O) groups excluding carboxylic acids is 2. The van der Waals surface area contributed by atoms with Gasteiger partial charge in [-0.1, -0.05) is 41.4 Å². The van der Waals surface area contributed by atoms with Crippen molar-refractivity contribution in [3.63, 3.8) is 0 Å². The van der Waals surface area contributed by atoms with Crippen molar-refractivity contribution in [2.24, 2.45) is 0 Å². The quantitative estimate of drug-likeness (QED) is 0.432. The largest absolute Gasteiger partial charge is 0.359 e. The van der Waals surface area contributed by atoms with Crippen LogP contribution >= 0.6 is 23.2 Å². The predicted octanol–water partition coefficient (Wildman–Crippen LogP) is 4.81. The van der Waals surface area contributed by atoms with Crippen molar-refractivity contribution in [1.82, 2.24) is 10.4 Å². The first-order valence-corrected chi connectivity index (χ1v) is 9.80. The molecule has 0 radical (unpaired) electrons. The molecule has 0 fully saturated rings. The average Bonchev–Trinajstić information content (AvgIpc) is 2.76. The predicted molar refractivity (Wildman–Crippen MR) is 116 cm³/mol. The summed E-state index contributed by atoms with van der Waals surface area (Å²) in [6.07, 6.45) is -0.811. The highest BCUT2D eigenvalue weighted by molar-refractivity contribution is 6.35. The van der Waals surface area contributed by atoms with E-state index >= 15 is 0 Å². The van der Waals surface area contributed by atoms with Crippen molar-refractivity contribution in [1.29, 1.82) is 0 Å². The summed E-state index contributed by atoms with van der Waals surface area (Å²) in [7, 11) is 0. The fraction of sp³-hybridized carbons (Fsp3) is 0.0476. The number of hydrogen-bond donors (Lipinski definition) is 2. The van der Waals surface area contributed by atoms with Gasteiger partial charge in [-0.15, -0.1) is 0 Å². The Kier molecular flexibility index (Phi) is 5.50. The molecule has 0 aromatic heterocycles. The van der Waals surface area contributed by atoms with E-state index in [1.165, 1.54) is 24.3 Å². The molecule has 31 heavy (non-hydrogen) atoms. The summed E-state index contributed by atoms with van der Waals surface area (Å²) < 4.78 is 0. The van der Waals surface area contributed by atoms with E-state index in [1.54, 1.807) is 42.5 Å². The monoisotopic (exact) mass is 456 g/mol. The molecule has 2 amide bonds. The highest BCUT2D eigenvalue weighted by atomic mass is 35.5. The molecule has 1 aliphatic rings. The molecule has 4 rings (SSSR count). The van der Waals surface area contributed by atoms with Crippen LogP contribution in [0.5, 0.6) is 0 Å². The minimum absolute atomic E-state index is 0.146. The zero-order chi connectivity index (χ0) is 22.1. The SMILES string of the molecule is O=C(NN1C(=O)c2ccccc2N[C@H]1c1ccc(Cl)cc1Cl)c1ccc([N+](=O)[O-])cc1. The lowest BCUT2D eigenvalue weighted by molar-refractivity contribution is -0.384. The molecule has 3 aromatic carbocycles.